The topological polar surface area (TPSA) is 6.48 Å². The molecule has 0 amide bonds. The van der Waals surface area contributed by atoms with Crippen LogP contribution < -0.4 is 0 Å². The normalized spacial score (nSPS) is 38.4. The average molecular weight is 347 g/mol. The van der Waals surface area contributed by atoms with Crippen LogP contribution in [0.3, 0.4) is 0 Å². The van der Waals surface area contributed by atoms with Crippen molar-refractivity contribution in [1.29, 1.82) is 0 Å². The molecule has 0 radical (unpaired) electrons. The van der Waals surface area contributed by atoms with Crippen LogP contribution >= 0.6 is 23.5 Å². The predicted molar refractivity (Wildman–Crippen MR) is 103 cm³/mol. The summed E-state index contributed by atoms with van der Waals surface area (Å²) in [4.78, 5) is 0. The highest BCUT2D eigenvalue weighted by molar-refractivity contribution is 8.04. The highest BCUT2D eigenvalue weighted by Gasteiger charge is 2.52. The van der Waals surface area contributed by atoms with Gasteiger partial charge in [0, 0.05) is 30.1 Å². The number of piperidine rings is 1. The lowest BCUT2D eigenvalue weighted by atomic mass is 9.80. The van der Waals surface area contributed by atoms with Crippen LogP contribution in [0.4, 0.5) is 0 Å². The monoisotopic (exact) mass is 346 g/mol. The highest BCUT2D eigenvalue weighted by atomic mass is 32.2. The maximum absolute atomic E-state index is 2.80. The van der Waals surface area contributed by atoms with E-state index in [0.717, 1.165) is 0 Å². The van der Waals surface area contributed by atoms with Crippen molar-refractivity contribution in [2.75, 3.05) is 19.6 Å². The third kappa shape index (κ3) is 2.99. The van der Waals surface area contributed by atoms with Crippen molar-refractivity contribution < 1.29 is 0 Å². The van der Waals surface area contributed by atoms with E-state index in [1.54, 1.807) is 0 Å². The molecule has 4 aliphatic rings. The Morgan fingerprint density at radius 1 is 0.739 bits per heavy atom. The van der Waals surface area contributed by atoms with E-state index in [1.807, 2.05) is 23.5 Å². The number of rotatable bonds is 3. The summed E-state index contributed by atoms with van der Waals surface area (Å²) >= 11 is 4.04. The maximum Gasteiger partial charge on any atom is 0.0669 e. The summed E-state index contributed by atoms with van der Waals surface area (Å²) in [6.07, 6.45) is 20.5. The zero-order chi connectivity index (χ0) is 15.5. The fourth-order valence-electron chi connectivity index (χ4n) is 4.43. The van der Waals surface area contributed by atoms with Crippen LogP contribution in [-0.2, 0) is 0 Å². The zero-order valence-corrected chi connectivity index (χ0v) is 15.3. The SMILES string of the molecule is C1=CSC(C2(C3C=CC=CS3)CCCCN2N2CCCC2)C=C1. The molecule has 0 N–H and O–H groups in total. The Labute approximate surface area is 148 Å². The van der Waals surface area contributed by atoms with Crippen molar-refractivity contribution in [1.82, 2.24) is 10.0 Å². The molecule has 124 valence electrons. The van der Waals surface area contributed by atoms with E-state index in [0.29, 0.717) is 10.5 Å². The molecule has 4 rings (SSSR count). The Balaban J connectivity index is 1.72. The molecule has 23 heavy (non-hydrogen) atoms. The van der Waals surface area contributed by atoms with Gasteiger partial charge in [0.05, 0.1) is 5.54 Å². The van der Waals surface area contributed by atoms with Crippen molar-refractivity contribution >= 4 is 23.5 Å². The van der Waals surface area contributed by atoms with Crippen molar-refractivity contribution in [2.45, 2.75) is 48.1 Å². The van der Waals surface area contributed by atoms with E-state index < -0.39 is 0 Å². The van der Waals surface area contributed by atoms with Gasteiger partial charge in [-0.25, -0.2) is 10.0 Å². The van der Waals surface area contributed by atoms with Crippen LogP contribution in [-0.4, -0.2) is 45.7 Å². The summed E-state index contributed by atoms with van der Waals surface area (Å²) in [6, 6.07) is 0. The van der Waals surface area contributed by atoms with E-state index in [4.69, 9.17) is 0 Å². The maximum atomic E-state index is 2.80. The van der Waals surface area contributed by atoms with Gasteiger partial charge in [0.2, 0.25) is 0 Å². The molecule has 0 spiro atoms. The van der Waals surface area contributed by atoms with E-state index in [1.165, 1.54) is 51.7 Å². The Bertz CT molecular complexity index is 501. The van der Waals surface area contributed by atoms with Crippen LogP contribution in [0.5, 0.6) is 0 Å². The summed E-state index contributed by atoms with van der Waals surface area (Å²) in [5.74, 6) is 0. The molecule has 4 heterocycles. The van der Waals surface area contributed by atoms with Gasteiger partial charge < -0.3 is 0 Å². The average Bonchev–Trinajstić information content (AvgIpc) is 3.17. The van der Waals surface area contributed by atoms with Crippen molar-refractivity contribution in [3.8, 4) is 0 Å². The van der Waals surface area contributed by atoms with E-state index >= 15 is 0 Å². The summed E-state index contributed by atoms with van der Waals surface area (Å²) in [5, 5.41) is 11.1. The lowest BCUT2D eigenvalue weighted by Crippen LogP contribution is -2.67. The fourth-order valence-corrected chi connectivity index (χ4v) is 6.83. The van der Waals surface area contributed by atoms with Gasteiger partial charge in [-0.3, -0.25) is 0 Å². The molecular weight excluding hydrogens is 320 g/mol. The number of nitrogens with zero attached hydrogens (tertiary/aromatic N) is 2. The Morgan fingerprint density at radius 2 is 1.35 bits per heavy atom. The molecule has 0 aliphatic carbocycles. The van der Waals surface area contributed by atoms with Gasteiger partial charge in [-0.2, -0.15) is 0 Å². The standard InChI is InChI=1S/C19H26N2S2/c1-7-15-22-17(9-1)19(18-10-2-8-16-23-18)11-3-4-14-21(19)20-12-5-6-13-20/h1-2,7-10,15-18H,3-6,11-14H2. The Kier molecular flexibility index (Phi) is 5.04. The smallest absolute Gasteiger partial charge is 0.0669 e. The molecule has 0 saturated carbocycles. The number of hydrazine groups is 1. The molecule has 2 unspecified atom stereocenters. The molecule has 2 atom stereocenters. The molecule has 2 nitrogen and oxygen atoms in total. The van der Waals surface area contributed by atoms with Gasteiger partial charge in [0.15, 0.2) is 0 Å². The minimum atomic E-state index is 0.209. The van der Waals surface area contributed by atoms with Crippen LogP contribution in [0.15, 0.2) is 47.3 Å². The Morgan fingerprint density at radius 3 is 1.91 bits per heavy atom. The molecule has 0 aromatic heterocycles. The molecule has 2 fully saturated rings. The van der Waals surface area contributed by atoms with Crippen LogP contribution in [0, 0.1) is 0 Å². The number of hydrogen-bond donors (Lipinski definition) is 0. The minimum absolute atomic E-state index is 0.209. The third-order valence-corrected chi connectivity index (χ3v) is 7.83. The van der Waals surface area contributed by atoms with Gasteiger partial charge in [0.25, 0.3) is 0 Å². The van der Waals surface area contributed by atoms with Crippen LogP contribution in [0.25, 0.3) is 0 Å². The predicted octanol–water partition coefficient (Wildman–Crippen LogP) is 4.59. The largest absolute Gasteiger partial charge is 0.241 e. The molecule has 4 heteroatoms. The quantitative estimate of drug-likeness (QED) is 0.737. The number of allylic oxidation sites excluding steroid dienone is 4. The van der Waals surface area contributed by atoms with Crippen LogP contribution in [0.1, 0.15) is 32.1 Å². The van der Waals surface area contributed by atoms with Gasteiger partial charge in [0.1, 0.15) is 0 Å². The summed E-state index contributed by atoms with van der Waals surface area (Å²) < 4.78 is 0. The van der Waals surface area contributed by atoms with Gasteiger partial charge in [-0.05, 0) is 36.5 Å². The second-order valence-corrected chi connectivity index (χ2v) is 8.88. The van der Waals surface area contributed by atoms with Gasteiger partial charge >= 0.3 is 0 Å². The Hall–Kier alpha value is -0.420. The second-order valence-electron chi connectivity index (χ2n) is 6.77. The molecule has 4 aliphatic heterocycles. The summed E-state index contributed by atoms with van der Waals surface area (Å²) in [7, 11) is 0. The van der Waals surface area contributed by atoms with E-state index in [-0.39, 0.29) is 5.54 Å². The first kappa shape index (κ1) is 16.1. The lowest BCUT2D eigenvalue weighted by molar-refractivity contribution is -0.111. The molecular formula is C19H26N2S2. The summed E-state index contributed by atoms with van der Waals surface area (Å²) in [5.41, 5.74) is 0.209. The molecule has 0 bridgehead atoms. The lowest BCUT2D eigenvalue weighted by Gasteiger charge is -2.56. The second kappa shape index (κ2) is 7.22. The first-order valence-electron chi connectivity index (χ1n) is 8.91. The number of hydrogen-bond acceptors (Lipinski definition) is 4. The molecule has 2 saturated heterocycles. The van der Waals surface area contributed by atoms with Crippen molar-refractivity contribution in [2.24, 2.45) is 0 Å². The van der Waals surface area contributed by atoms with Gasteiger partial charge in [-0.1, -0.05) is 42.9 Å². The van der Waals surface area contributed by atoms with Crippen molar-refractivity contribution in [3.05, 3.63) is 47.3 Å². The van der Waals surface area contributed by atoms with E-state index in [2.05, 4.69) is 57.3 Å². The minimum Gasteiger partial charge on any atom is -0.241 e. The van der Waals surface area contributed by atoms with Crippen molar-refractivity contribution in [3.63, 3.8) is 0 Å². The number of thioether (sulfide) groups is 2. The molecule has 0 aromatic carbocycles. The van der Waals surface area contributed by atoms with Crippen LogP contribution in [0.2, 0.25) is 0 Å². The fraction of sp³-hybridized carbons (Fsp3) is 0.579. The zero-order valence-electron chi connectivity index (χ0n) is 13.6. The summed E-state index contributed by atoms with van der Waals surface area (Å²) in [6.45, 7) is 3.72. The van der Waals surface area contributed by atoms with E-state index in [9.17, 15) is 0 Å². The first-order valence-corrected chi connectivity index (χ1v) is 10.8. The molecule has 0 aromatic rings. The van der Waals surface area contributed by atoms with Gasteiger partial charge in [-0.15, -0.1) is 23.5 Å². The highest BCUT2D eigenvalue weighted by Crippen LogP contribution is 2.48. The first-order chi connectivity index (χ1) is 11.4. The third-order valence-electron chi connectivity index (χ3n) is 5.49.